The van der Waals surface area contributed by atoms with E-state index in [1.807, 2.05) is 4.90 Å². The molecule has 1 aromatic heterocycles. The van der Waals surface area contributed by atoms with Gasteiger partial charge in [-0.3, -0.25) is 10.1 Å². The van der Waals surface area contributed by atoms with Gasteiger partial charge in [-0.15, -0.1) is 0 Å². The van der Waals surface area contributed by atoms with Crippen LogP contribution in [0.5, 0.6) is 0 Å². The summed E-state index contributed by atoms with van der Waals surface area (Å²) in [6, 6.07) is 2.39. The van der Waals surface area contributed by atoms with Gasteiger partial charge < -0.3 is 4.90 Å². The van der Waals surface area contributed by atoms with E-state index in [9.17, 15) is 4.79 Å². The van der Waals surface area contributed by atoms with Gasteiger partial charge in [0, 0.05) is 6.04 Å². The second-order valence-corrected chi connectivity index (χ2v) is 5.75. The Labute approximate surface area is 113 Å². The summed E-state index contributed by atoms with van der Waals surface area (Å²) >= 11 is 1.69. The molecule has 0 radical (unpaired) electrons. The molecule has 0 aliphatic carbocycles. The van der Waals surface area contributed by atoms with E-state index in [1.54, 1.807) is 11.3 Å². The molecule has 3 unspecified atom stereocenters. The minimum atomic E-state index is -0.00565. The van der Waals surface area contributed by atoms with Crippen LogP contribution < -0.4 is 5.32 Å². The standard InChI is InChI=1S/C14H22N2OS/c1-4-6-12-14(17)16(10(3)5-2)13(15-12)11-7-8-18-9-11/h7-10,12-13,15H,4-6H2,1-3H3. The van der Waals surface area contributed by atoms with Crippen LogP contribution in [-0.2, 0) is 4.79 Å². The quantitative estimate of drug-likeness (QED) is 0.888. The molecule has 1 amide bonds. The Morgan fingerprint density at radius 1 is 1.50 bits per heavy atom. The van der Waals surface area contributed by atoms with Gasteiger partial charge in [-0.1, -0.05) is 20.3 Å². The van der Waals surface area contributed by atoms with Crippen molar-refractivity contribution < 1.29 is 4.79 Å². The van der Waals surface area contributed by atoms with E-state index in [0.29, 0.717) is 0 Å². The number of rotatable bonds is 5. The summed E-state index contributed by atoms with van der Waals surface area (Å²) in [5.41, 5.74) is 1.22. The van der Waals surface area contributed by atoms with Gasteiger partial charge in [0.1, 0.15) is 6.17 Å². The topological polar surface area (TPSA) is 32.3 Å². The third-order valence-corrected chi connectivity index (χ3v) is 4.39. The molecule has 18 heavy (non-hydrogen) atoms. The normalized spacial score (nSPS) is 25.7. The summed E-state index contributed by atoms with van der Waals surface area (Å²) in [5, 5.41) is 7.70. The van der Waals surface area contributed by atoms with Crippen molar-refractivity contribution >= 4 is 17.2 Å². The van der Waals surface area contributed by atoms with Gasteiger partial charge in [0.05, 0.1) is 6.04 Å². The highest BCUT2D eigenvalue weighted by molar-refractivity contribution is 7.07. The van der Waals surface area contributed by atoms with Crippen molar-refractivity contribution in [3.8, 4) is 0 Å². The van der Waals surface area contributed by atoms with E-state index in [0.717, 1.165) is 19.3 Å². The van der Waals surface area contributed by atoms with Crippen molar-refractivity contribution in [3.63, 3.8) is 0 Å². The zero-order valence-electron chi connectivity index (χ0n) is 11.3. The highest BCUT2D eigenvalue weighted by atomic mass is 32.1. The lowest BCUT2D eigenvalue weighted by atomic mass is 10.1. The predicted molar refractivity (Wildman–Crippen MR) is 75.5 cm³/mol. The van der Waals surface area contributed by atoms with Crippen molar-refractivity contribution in [1.29, 1.82) is 0 Å². The number of hydrogen-bond donors (Lipinski definition) is 1. The van der Waals surface area contributed by atoms with Crippen molar-refractivity contribution in [2.75, 3.05) is 0 Å². The fourth-order valence-electron chi connectivity index (χ4n) is 2.50. The third-order valence-electron chi connectivity index (χ3n) is 3.69. The largest absolute Gasteiger partial charge is 0.319 e. The minimum absolute atomic E-state index is 0.00565. The van der Waals surface area contributed by atoms with E-state index < -0.39 is 0 Å². The molecular formula is C14H22N2OS. The third kappa shape index (κ3) is 2.45. The van der Waals surface area contributed by atoms with Crippen LogP contribution in [0.4, 0.5) is 0 Å². The molecule has 0 saturated carbocycles. The Bertz CT molecular complexity index is 391. The van der Waals surface area contributed by atoms with Crippen LogP contribution >= 0.6 is 11.3 Å². The molecule has 2 heterocycles. The number of nitrogens with one attached hydrogen (secondary N) is 1. The van der Waals surface area contributed by atoms with Crippen LogP contribution in [-0.4, -0.2) is 22.9 Å². The predicted octanol–water partition coefficient (Wildman–Crippen LogP) is 3.15. The van der Waals surface area contributed by atoms with Crippen molar-refractivity contribution in [3.05, 3.63) is 22.4 Å². The van der Waals surface area contributed by atoms with Crippen LogP contribution in [0, 0.1) is 0 Å². The Balaban J connectivity index is 2.23. The molecule has 4 heteroatoms. The van der Waals surface area contributed by atoms with Gasteiger partial charge in [0.25, 0.3) is 0 Å². The molecule has 0 aromatic carbocycles. The molecule has 0 spiro atoms. The van der Waals surface area contributed by atoms with Gasteiger partial charge in [0.15, 0.2) is 0 Å². The van der Waals surface area contributed by atoms with Crippen LogP contribution in [0.15, 0.2) is 16.8 Å². The number of amides is 1. The van der Waals surface area contributed by atoms with E-state index in [2.05, 4.69) is 42.9 Å². The monoisotopic (exact) mass is 266 g/mol. The van der Waals surface area contributed by atoms with E-state index in [-0.39, 0.29) is 24.2 Å². The number of carbonyl (C=O) groups excluding carboxylic acids is 1. The summed E-state index contributed by atoms with van der Waals surface area (Å²) in [5.74, 6) is 0.266. The number of hydrogen-bond acceptors (Lipinski definition) is 3. The minimum Gasteiger partial charge on any atom is -0.319 e. The first-order chi connectivity index (χ1) is 8.69. The first-order valence-corrected chi connectivity index (χ1v) is 7.73. The number of carbonyl (C=O) groups is 1. The summed E-state index contributed by atoms with van der Waals surface area (Å²) in [6.07, 6.45) is 3.02. The molecule has 0 bridgehead atoms. The maximum Gasteiger partial charge on any atom is 0.241 e. The second-order valence-electron chi connectivity index (χ2n) is 4.97. The maximum absolute atomic E-state index is 12.5. The Kier molecular flexibility index (Phi) is 4.40. The number of thiophene rings is 1. The van der Waals surface area contributed by atoms with Crippen LogP contribution in [0.3, 0.4) is 0 Å². The molecule has 100 valence electrons. The van der Waals surface area contributed by atoms with E-state index in [4.69, 9.17) is 0 Å². The Morgan fingerprint density at radius 2 is 2.28 bits per heavy atom. The maximum atomic E-state index is 12.5. The van der Waals surface area contributed by atoms with Gasteiger partial charge in [-0.2, -0.15) is 11.3 Å². The van der Waals surface area contributed by atoms with Crippen molar-refractivity contribution in [1.82, 2.24) is 10.2 Å². The van der Waals surface area contributed by atoms with Gasteiger partial charge in [-0.25, -0.2) is 0 Å². The zero-order valence-corrected chi connectivity index (χ0v) is 12.2. The van der Waals surface area contributed by atoms with Gasteiger partial charge in [-0.05, 0) is 42.2 Å². The van der Waals surface area contributed by atoms with Crippen LogP contribution in [0.25, 0.3) is 0 Å². The summed E-state index contributed by atoms with van der Waals surface area (Å²) < 4.78 is 0. The SMILES string of the molecule is CCCC1NC(c2ccsc2)N(C(C)CC)C1=O. The lowest BCUT2D eigenvalue weighted by Gasteiger charge is -2.29. The molecule has 1 N–H and O–H groups in total. The molecule has 1 aliphatic heterocycles. The highest BCUT2D eigenvalue weighted by Crippen LogP contribution is 2.30. The van der Waals surface area contributed by atoms with Gasteiger partial charge >= 0.3 is 0 Å². The molecule has 2 rings (SSSR count). The fraction of sp³-hybridized carbons (Fsp3) is 0.643. The molecular weight excluding hydrogens is 244 g/mol. The van der Waals surface area contributed by atoms with Crippen LogP contribution in [0.1, 0.15) is 51.8 Å². The lowest BCUT2D eigenvalue weighted by molar-refractivity contribution is -0.132. The van der Waals surface area contributed by atoms with Crippen molar-refractivity contribution in [2.24, 2.45) is 0 Å². The van der Waals surface area contributed by atoms with Crippen LogP contribution in [0.2, 0.25) is 0 Å². The van der Waals surface area contributed by atoms with Crippen molar-refractivity contribution in [2.45, 2.75) is 58.3 Å². The molecule has 3 nitrogen and oxygen atoms in total. The average Bonchev–Trinajstić information content (AvgIpc) is 2.98. The second kappa shape index (κ2) is 5.85. The molecule has 1 aromatic rings. The highest BCUT2D eigenvalue weighted by Gasteiger charge is 2.40. The fourth-order valence-corrected chi connectivity index (χ4v) is 3.18. The first-order valence-electron chi connectivity index (χ1n) is 6.79. The summed E-state index contributed by atoms with van der Waals surface area (Å²) in [4.78, 5) is 14.5. The average molecular weight is 266 g/mol. The first kappa shape index (κ1) is 13.6. The molecule has 1 saturated heterocycles. The van der Waals surface area contributed by atoms with E-state index >= 15 is 0 Å². The Morgan fingerprint density at radius 3 is 2.83 bits per heavy atom. The smallest absolute Gasteiger partial charge is 0.241 e. The molecule has 3 atom stereocenters. The summed E-state index contributed by atoms with van der Waals surface area (Å²) in [7, 11) is 0. The summed E-state index contributed by atoms with van der Waals surface area (Å²) in [6.45, 7) is 6.39. The van der Waals surface area contributed by atoms with Gasteiger partial charge in [0.2, 0.25) is 5.91 Å². The Hall–Kier alpha value is -0.870. The zero-order chi connectivity index (χ0) is 13.1. The van der Waals surface area contributed by atoms with E-state index in [1.165, 1.54) is 5.56 Å². The molecule has 1 aliphatic rings. The lowest BCUT2D eigenvalue weighted by Crippen LogP contribution is -2.38. The number of nitrogens with zero attached hydrogens (tertiary/aromatic N) is 1. The molecule has 1 fully saturated rings.